The first-order valence-electron chi connectivity index (χ1n) is 3.16. The predicted molar refractivity (Wildman–Crippen MR) is 41.5 cm³/mol. The molecule has 0 heterocycles. The quantitative estimate of drug-likeness (QED) is 0.544. The number of amides is 1. The molecule has 3 heteroatoms. The van der Waals surface area contributed by atoms with Gasteiger partial charge in [0.25, 0.3) is 0 Å². The van der Waals surface area contributed by atoms with E-state index in [1.54, 1.807) is 20.0 Å². The van der Waals surface area contributed by atoms with E-state index in [9.17, 15) is 4.79 Å². The van der Waals surface area contributed by atoms with Crippen LogP contribution in [-0.2, 0) is 4.79 Å². The van der Waals surface area contributed by atoms with E-state index in [1.807, 2.05) is 0 Å². The average Bonchev–Trinajstić information content (AvgIpc) is 1.88. The van der Waals surface area contributed by atoms with E-state index in [1.165, 1.54) is 0 Å². The fourth-order valence-corrected chi connectivity index (χ4v) is 0.615. The Morgan fingerprint density at radius 3 is 2.50 bits per heavy atom. The Kier molecular flexibility index (Phi) is 3.09. The van der Waals surface area contributed by atoms with Crippen LogP contribution in [-0.4, -0.2) is 18.5 Å². The molecule has 0 radical (unpaired) electrons. The van der Waals surface area contributed by atoms with Gasteiger partial charge in [0, 0.05) is 0 Å². The van der Waals surface area contributed by atoms with Gasteiger partial charge in [-0.1, -0.05) is 6.08 Å². The second kappa shape index (κ2) is 3.37. The van der Waals surface area contributed by atoms with Crippen LogP contribution in [0.5, 0.6) is 0 Å². The molecule has 0 fully saturated rings. The van der Waals surface area contributed by atoms with Crippen molar-refractivity contribution in [3.63, 3.8) is 0 Å². The first-order valence-corrected chi connectivity index (χ1v) is 3.16. The molecular weight excluding hydrogens is 128 g/mol. The maximum Gasteiger partial charge on any atom is 0.237 e. The average molecular weight is 142 g/mol. The molecule has 0 rings (SSSR count). The summed E-state index contributed by atoms with van der Waals surface area (Å²) in [5, 5.41) is 2.83. The Morgan fingerprint density at radius 1 is 1.90 bits per heavy atom. The molecule has 3 N–H and O–H groups in total. The number of carbonyl (C=O) groups excluding carboxylic acids is 1. The van der Waals surface area contributed by atoms with Crippen molar-refractivity contribution in [2.45, 2.75) is 18.9 Å². The SMILES string of the molecule is C=CC[C@](C)(NC)C(N)=O. The topological polar surface area (TPSA) is 55.1 Å². The zero-order valence-electron chi connectivity index (χ0n) is 6.48. The molecule has 0 aliphatic rings. The Balaban J connectivity index is 4.21. The van der Waals surface area contributed by atoms with Gasteiger partial charge in [0.1, 0.15) is 0 Å². The molecule has 0 bridgehead atoms. The van der Waals surface area contributed by atoms with Crippen molar-refractivity contribution in [3.05, 3.63) is 12.7 Å². The number of likely N-dealkylation sites (N-methyl/N-ethyl adjacent to an activating group) is 1. The van der Waals surface area contributed by atoms with Crippen LogP contribution in [0.1, 0.15) is 13.3 Å². The largest absolute Gasteiger partial charge is 0.368 e. The van der Waals surface area contributed by atoms with Crippen LogP contribution >= 0.6 is 0 Å². The lowest BCUT2D eigenvalue weighted by Crippen LogP contribution is -2.51. The van der Waals surface area contributed by atoms with E-state index in [0.29, 0.717) is 6.42 Å². The summed E-state index contributed by atoms with van der Waals surface area (Å²) < 4.78 is 0. The molecule has 1 atom stereocenters. The van der Waals surface area contributed by atoms with E-state index in [-0.39, 0.29) is 5.91 Å². The Labute approximate surface area is 61.3 Å². The summed E-state index contributed by atoms with van der Waals surface area (Å²) in [5.41, 5.74) is 4.48. The second-order valence-electron chi connectivity index (χ2n) is 2.44. The van der Waals surface area contributed by atoms with Crippen molar-refractivity contribution in [3.8, 4) is 0 Å². The summed E-state index contributed by atoms with van der Waals surface area (Å²) in [6.07, 6.45) is 2.22. The first-order chi connectivity index (χ1) is 4.56. The third-order valence-electron chi connectivity index (χ3n) is 1.65. The van der Waals surface area contributed by atoms with Crippen LogP contribution in [0, 0.1) is 0 Å². The summed E-state index contributed by atoms with van der Waals surface area (Å²) in [5.74, 6) is -0.352. The summed E-state index contributed by atoms with van der Waals surface area (Å²) >= 11 is 0. The van der Waals surface area contributed by atoms with Gasteiger partial charge in [0.2, 0.25) is 5.91 Å². The minimum Gasteiger partial charge on any atom is -0.368 e. The lowest BCUT2D eigenvalue weighted by molar-refractivity contribution is -0.123. The summed E-state index contributed by atoms with van der Waals surface area (Å²) in [4.78, 5) is 10.8. The van der Waals surface area contributed by atoms with Crippen LogP contribution in [0.4, 0.5) is 0 Å². The van der Waals surface area contributed by atoms with Gasteiger partial charge in [-0.15, -0.1) is 6.58 Å². The zero-order valence-corrected chi connectivity index (χ0v) is 6.48. The van der Waals surface area contributed by atoms with Crippen LogP contribution in [0.15, 0.2) is 12.7 Å². The third-order valence-corrected chi connectivity index (χ3v) is 1.65. The molecule has 3 nitrogen and oxygen atoms in total. The van der Waals surface area contributed by atoms with Gasteiger partial charge in [-0.25, -0.2) is 0 Å². The van der Waals surface area contributed by atoms with Crippen LogP contribution < -0.4 is 11.1 Å². The number of primary amides is 1. The molecule has 0 spiro atoms. The van der Waals surface area contributed by atoms with Gasteiger partial charge < -0.3 is 11.1 Å². The van der Waals surface area contributed by atoms with Gasteiger partial charge in [0.05, 0.1) is 5.54 Å². The number of rotatable bonds is 4. The number of hydrogen-bond acceptors (Lipinski definition) is 2. The van der Waals surface area contributed by atoms with Crippen molar-refractivity contribution in [2.24, 2.45) is 5.73 Å². The summed E-state index contributed by atoms with van der Waals surface area (Å²) in [6, 6.07) is 0. The van der Waals surface area contributed by atoms with Gasteiger partial charge in [-0.2, -0.15) is 0 Å². The molecule has 58 valence electrons. The first kappa shape index (κ1) is 9.17. The number of hydrogen-bond donors (Lipinski definition) is 2. The van der Waals surface area contributed by atoms with Crippen LogP contribution in [0.25, 0.3) is 0 Å². The number of carbonyl (C=O) groups is 1. The highest BCUT2D eigenvalue weighted by molar-refractivity contribution is 5.84. The monoisotopic (exact) mass is 142 g/mol. The molecule has 0 saturated heterocycles. The number of nitrogens with one attached hydrogen (secondary N) is 1. The van der Waals surface area contributed by atoms with Crippen LogP contribution in [0.3, 0.4) is 0 Å². The normalized spacial score (nSPS) is 15.8. The highest BCUT2D eigenvalue weighted by atomic mass is 16.1. The third kappa shape index (κ3) is 1.84. The minimum atomic E-state index is -0.637. The maximum absolute atomic E-state index is 10.8. The molecule has 0 aromatic carbocycles. The smallest absolute Gasteiger partial charge is 0.237 e. The van der Waals surface area contributed by atoms with Crippen LogP contribution in [0.2, 0.25) is 0 Å². The molecule has 1 amide bonds. The van der Waals surface area contributed by atoms with Gasteiger partial charge >= 0.3 is 0 Å². The van der Waals surface area contributed by atoms with E-state index in [4.69, 9.17) is 5.73 Å². The molecule has 0 unspecified atom stereocenters. The lowest BCUT2D eigenvalue weighted by atomic mass is 9.98. The highest BCUT2D eigenvalue weighted by Crippen LogP contribution is 2.07. The Hall–Kier alpha value is -0.830. The standard InChI is InChI=1S/C7H14N2O/c1-4-5-7(2,9-3)6(8)10/h4,9H,1,5H2,2-3H3,(H2,8,10)/t7-/m0/s1. The minimum absolute atomic E-state index is 0.352. The summed E-state index contributed by atoms with van der Waals surface area (Å²) in [6.45, 7) is 5.28. The summed E-state index contributed by atoms with van der Waals surface area (Å²) in [7, 11) is 1.70. The molecule has 0 aliphatic carbocycles. The molecule has 10 heavy (non-hydrogen) atoms. The highest BCUT2D eigenvalue weighted by Gasteiger charge is 2.26. The Morgan fingerprint density at radius 2 is 2.40 bits per heavy atom. The van der Waals surface area contributed by atoms with E-state index >= 15 is 0 Å². The van der Waals surface area contributed by atoms with Crippen molar-refractivity contribution in [1.82, 2.24) is 5.32 Å². The van der Waals surface area contributed by atoms with Crippen molar-refractivity contribution in [2.75, 3.05) is 7.05 Å². The maximum atomic E-state index is 10.8. The fourth-order valence-electron chi connectivity index (χ4n) is 0.615. The van der Waals surface area contributed by atoms with E-state index < -0.39 is 5.54 Å². The van der Waals surface area contributed by atoms with Gasteiger partial charge in [-0.05, 0) is 20.4 Å². The molecule has 0 aliphatic heterocycles. The van der Waals surface area contributed by atoms with Crippen molar-refractivity contribution in [1.29, 1.82) is 0 Å². The second-order valence-corrected chi connectivity index (χ2v) is 2.44. The lowest BCUT2D eigenvalue weighted by Gasteiger charge is -2.23. The Bertz CT molecular complexity index is 145. The molecular formula is C7H14N2O. The fraction of sp³-hybridized carbons (Fsp3) is 0.571. The van der Waals surface area contributed by atoms with Crippen molar-refractivity contribution < 1.29 is 4.79 Å². The number of nitrogens with two attached hydrogens (primary N) is 1. The van der Waals surface area contributed by atoms with E-state index in [2.05, 4.69) is 11.9 Å². The zero-order chi connectivity index (χ0) is 8.20. The van der Waals surface area contributed by atoms with Crippen molar-refractivity contribution >= 4 is 5.91 Å². The molecule has 0 saturated carbocycles. The van der Waals surface area contributed by atoms with Gasteiger partial charge in [0.15, 0.2) is 0 Å². The predicted octanol–water partition coefficient (Wildman–Crippen LogP) is 0.0259. The molecule has 0 aromatic rings. The van der Waals surface area contributed by atoms with E-state index in [0.717, 1.165) is 0 Å². The van der Waals surface area contributed by atoms with Gasteiger partial charge in [-0.3, -0.25) is 4.79 Å². The molecule has 0 aromatic heterocycles.